The molecular formula is C34H37FN4O4. The molecule has 43 heavy (non-hydrogen) atoms. The molecule has 0 aliphatic carbocycles. The molecule has 0 bridgehead atoms. The van der Waals surface area contributed by atoms with Crippen molar-refractivity contribution in [3.05, 3.63) is 88.7 Å². The van der Waals surface area contributed by atoms with Gasteiger partial charge >= 0.3 is 12.0 Å². The van der Waals surface area contributed by atoms with E-state index in [9.17, 15) is 24.0 Å². The van der Waals surface area contributed by atoms with E-state index in [1.54, 1.807) is 83.1 Å². The molecule has 1 aliphatic rings. The van der Waals surface area contributed by atoms with Crippen LogP contribution in [0.1, 0.15) is 82.4 Å². The van der Waals surface area contributed by atoms with E-state index in [2.05, 4.69) is 11.4 Å². The molecule has 1 N–H and O–H groups in total. The Bertz CT molecular complexity index is 1630. The monoisotopic (exact) mass is 584 g/mol. The number of imide groups is 1. The molecule has 3 amide bonds. The number of nitrogens with zero attached hydrogens (tertiary/aromatic N) is 3. The molecule has 224 valence electrons. The third kappa shape index (κ3) is 6.54. The quantitative estimate of drug-likeness (QED) is 0.239. The van der Waals surface area contributed by atoms with Crippen molar-refractivity contribution in [1.82, 2.24) is 4.90 Å². The van der Waals surface area contributed by atoms with Crippen molar-refractivity contribution >= 4 is 35.0 Å². The molecule has 4 rings (SSSR count). The highest BCUT2D eigenvalue weighted by atomic mass is 19.1. The van der Waals surface area contributed by atoms with E-state index < -0.39 is 34.9 Å². The van der Waals surface area contributed by atoms with Crippen molar-refractivity contribution < 1.29 is 23.5 Å². The van der Waals surface area contributed by atoms with Gasteiger partial charge in [-0.15, -0.1) is 0 Å². The fourth-order valence-electron chi connectivity index (χ4n) is 4.87. The van der Waals surface area contributed by atoms with Crippen molar-refractivity contribution in [2.45, 2.75) is 78.5 Å². The van der Waals surface area contributed by atoms with Gasteiger partial charge in [0.2, 0.25) is 0 Å². The van der Waals surface area contributed by atoms with Crippen molar-refractivity contribution in [2.75, 3.05) is 10.2 Å². The molecule has 1 fully saturated rings. The zero-order chi connectivity index (χ0) is 31.9. The molecule has 0 aromatic heterocycles. The lowest BCUT2D eigenvalue weighted by atomic mass is 9.83. The van der Waals surface area contributed by atoms with Gasteiger partial charge < -0.3 is 15.0 Å². The summed E-state index contributed by atoms with van der Waals surface area (Å²) in [7, 11) is 0. The summed E-state index contributed by atoms with van der Waals surface area (Å²) in [6.45, 7) is 14.6. The zero-order valence-corrected chi connectivity index (χ0v) is 25.8. The number of urea groups is 1. The summed E-state index contributed by atoms with van der Waals surface area (Å²) in [6, 6.07) is 17.4. The Kier molecular flexibility index (Phi) is 8.12. The number of amides is 3. The largest absolute Gasteiger partial charge is 0.456 e. The zero-order valence-electron chi connectivity index (χ0n) is 25.8. The van der Waals surface area contributed by atoms with Crippen LogP contribution in [0, 0.1) is 17.1 Å². The van der Waals surface area contributed by atoms with Crippen LogP contribution in [0.25, 0.3) is 0 Å². The number of ether oxygens (including phenoxy) is 1. The fraction of sp³-hybridized carbons (Fsp3) is 0.353. The summed E-state index contributed by atoms with van der Waals surface area (Å²) >= 11 is 0. The third-order valence-corrected chi connectivity index (χ3v) is 7.21. The molecule has 0 saturated carbocycles. The van der Waals surface area contributed by atoms with E-state index in [4.69, 9.17) is 4.74 Å². The molecule has 1 aliphatic heterocycles. The number of rotatable bonds is 6. The molecule has 3 aromatic carbocycles. The summed E-state index contributed by atoms with van der Waals surface area (Å²) in [5.74, 6) is -1.34. The summed E-state index contributed by atoms with van der Waals surface area (Å²) in [5, 5.41) is 12.8. The van der Waals surface area contributed by atoms with Crippen LogP contribution < -0.4 is 10.2 Å². The first-order valence-corrected chi connectivity index (χ1v) is 14.0. The Labute approximate surface area is 252 Å². The number of benzene rings is 3. The normalized spacial score (nSPS) is 15.0. The van der Waals surface area contributed by atoms with Gasteiger partial charge in [0.25, 0.3) is 5.91 Å². The molecule has 9 heteroatoms. The van der Waals surface area contributed by atoms with Crippen LogP contribution in [0.4, 0.5) is 26.2 Å². The molecule has 1 saturated heterocycles. The average molecular weight is 585 g/mol. The Morgan fingerprint density at radius 2 is 1.63 bits per heavy atom. The second-order valence-electron chi connectivity index (χ2n) is 13.2. The van der Waals surface area contributed by atoms with Crippen molar-refractivity contribution in [2.24, 2.45) is 0 Å². The maximum absolute atomic E-state index is 14.4. The number of halogens is 1. The second kappa shape index (κ2) is 11.2. The van der Waals surface area contributed by atoms with Gasteiger partial charge in [-0.05, 0) is 106 Å². The summed E-state index contributed by atoms with van der Waals surface area (Å²) < 4.78 is 19.8. The minimum atomic E-state index is -1.20. The Hall–Kier alpha value is -4.71. The van der Waals surface area contributed by atoms with Crippen molar-refractivity contribution in [3.8, 4) is 6.07 Å². The summed E-state index contributed by atoms with van der Waals surface area (Å²) in [4.78, 5) is 42.4. The number of hydrogen-bond donors (Lipinski definition) is 1. The predicted octanol–water partition coefficient (Wildman–Crippen LogP) is 7.44. The second-order valence-corrected chi connectivity index (χ2v) is 13.2. The first-order chi connectivity index (χ1) is 19.9. The number of anilines is 3. The summed E-state index contributed by atoms with van der Waals surface area (Å²) in [6.07, 6.45) is 0. The van der Waals surface area contributed by atoms with Crippen LogP contribution in [-0.2, 0) is 21.5 Å². The number of hydrogen-bond acceptors (Lipinski definition) is 6. The topological polar surface area (TPSA) is 103 Å². The number of esters is 1. The van der Waals surface area contributed by atoms with E-state index in [0.717, 1.165) is 10.5 Å². The van der Waals surface area contributed by atoms with Crippen LogP contribution in [0.3, 0.4) is 0 Å². The molecule has 0 atom stereocenters. The predicted molar refractivity (Wildman–Crippen MR) is 164 cm³/mol. The first-order valence-electron chi connectivity index (χ1n) is 14.0. The summed E-state index contributed by atoms with van der Waals surface area (Å²) in [5.41, 5.74) is 1.34. The van der Waals surface area contributed by atoms with Gasteiger partial charge in [0.1, 0.15) is 17.0 Å². The van der Waals surface area contributed by atoms with Gasteiger partial charge in [-0.25, -0.2) is 18.9 Å². The van der Waals surface area contributed by atoms with Gasteiger partial charge in [-0.3, -0.25) is 4.79 Å². The standard InChI is InChI=1S/C34H37FN4O4/c1-32(2,3)27-18-26(16-12-22(27)19-36)39-30(41)34(7,8)38(31(39)42)20-23-9-13-24(35)17-28(23)37-25-14-10-21(11-15-25)29(40)43-33(4,5)6/h9-18,37H,20H2,1-8H3. The lowest BCUT2D eigenvalue weighted by Gasteiger charge is -2.28. The maximum atomic E-state index is 14.4. The third-order valence-electron chi connectivity index (χ3n) is 7.21. The van der Waals surface area contributed by atoms with E-state index in [1.807, 2.05) is 20.8 Å². The van der Waals surface area contributed by atoms with Crippen LogP contribution in [0.5, 0.6) is 0 Å². The highest BCUT2D eigenvalue weighted by molar-refractivity contribution is 6.23. The molecular weight excluding hydrogens is 547 g/mol. The Balaban J connectivity index is 1.62. The molecule has 1 heterocycles. The number of carbonyl (C=O) groups excluding carboxylic acids is 3. The lowest BCUT2D eigenvalue weighted by Crippen LogP contribution is -2.43. The van der Waals surface area contributed by atoms with E-state index in [1.165, 1.54) is 17.0 Å². The van der Waals surface area contributed by atoms with Crippen LogP contribution >= 0.6 is 0 Å². The molecule has 0 spiro atoms. The number of nitrogens with one attached hydrogen (secondary N) is 1. The highest BCUT2D eigenvalue weighted by Crippen LogP contribution is 2.37. The van der Waals surface area contributed by atoms with Crippen molar-refractivity contribution in [3.63, 3.8) is 0 Å². The Morgan fingerprint density at radius 1 is 0.977 bits per heavy atom. The van der Waals surface area contributed by atoms with Crippen LogP contribution in [0.15, 0.2) is 60.7 Å². The van der Waals surface area contributed by atoms with Gasteiger partial charge in [0.15, 0.2) is 0 Å². The van der Waals surface area contributed by atoms with Crippen LogP contribution in [0.2, 0.25) is 0 Å². The van der Waals surface area contributed by atoms with Gasteiger partial charge in [-0.1, -0.05) is 26.8 Å². The smallest absolute Gasteiger partial charge is 0.338 e. The Morgan fingerprint density at radius 3 is 2.21 bits per heavy atom. The average Bonchev–Trinajstić information content (AvgIpc) is 3.07. The maximum Gasteiger partial charge on any atom is 0.338 e. The van der Waals surface area contributed by atoms with Crippen LogP contribution in [-0.4, -0.2) is 33.9 Å². The first kappa shape index (κ1) is 31.2. The van der Waals surface area contributed by atoms with E-state index in [-0.39, 0.29) is 12.0 Å². The molecule has 8 nitrogen and oxygen atoms in total. The van der Waals surface area contributed by atoms with E-state index >= 15 is 0 Å². The molecule has 3 aromatic rings. The minimum Gasteiger partial charge on any atom is -0.456 e. The fourth-order valence-corrected chi connectivity index (χ4v) is 4.87. The van der Waals surface area contributed by atoms with Gasteiger partial charge in [0, 0.05) is 11.4 Å². The SMILES string of the molecule is CC(C)(C)OC(=O)c1ccc(Nc2cc(F)ccc2CN2C(=O)N(c3ccc(C#N)c(C(C)(C)C)c3)C(=O)C2(C)C)cc1. The number of nitriles is 1. The highest BCUT2D eigenvalue weighted by Gasteiger charge is 2.52. The lowest BCUT2D eigenvalue weighted by molar-refractivity contribution is -0.123. The van der Waals surface area contributed by atoms with Gasteiger partial charge in [-0.2, -0.15) is 5.26 Å². The van der Waals surface area contributed by atoms with Gasteiger partial charge in [0.05, 0.1) is 29.4 Å². The molecule has 0 unspecified atom stereocenters. The minimum absolute atomic E-state index is 0.0229. The van der Waals surface area contributed by atoms with Crippen molar-refractivity contribution in [1.29, 1.82) is 5.26 Å². The molecule has 0 radical (unpaired) electrons. The van der Waals surface area contributed by atoms with E-state index in [0.29, 0.717) is 33.8 Å². The number of carbonyl (C=O) groups is 3.